The van der Waals surface area contributed by atoms with Gasteiger partial charge in [-0.2, -0.15) is 0 Å². The Morgan fingerprint density at radius 3 is 2.57 bits per heavy atom. The number of rotatable bonds is 7. The van der Waals surface area contributed by atoms with Gasteiger partial charge in [-0.1, -0.05) is 6.07 Å². The fourth-order valence-electron chi connectivity index (χ4n) is 1.74. The first kappa shape index (κ1) is 18.9. The third kappa shape index (κ3) is 8.77. The highest BCUT2D eigenvalue weighted by molar-refractivity contribution is 5.71. The molecule has 128 valence electrons. The zero-order valence-corrected chi connectivity index (χ0v) is 14.0. The van der Waals surface area contributed by atoms with Crippen molar-refractivity contribution in [2.45, 2.75) is 52.4 Å². The van der Waals surface area contributed by atoms with Crippen molar-refractivity contribution in [3.05, 3.63) is 29.6 Å². The van der Waals surface area contributed by atoms with Crippen molar-refractivity contribution < 1.29 is 24.2 Å². The molecule has 0 radical (unpaired) electrons. The number of carbonyl (C=O) groups is 2. The van der Waals surface area contributed by atoms with E-state index < -0.39 is 23.7 Å². The molecule has 7 heteroatoms. The average molecular weight is 324 g/mol. The first-order valence-electron chi connectivity index (χ1n) is 7.36. The molecule has 1 rings (SSSR count). The Morgan fingerprint density at radius 2 is 2.04 bits per heavy atom. The van der Waals surface area contributed by atoms with Crippen LogP contribution in [0.4, 0.5) is 4.79 Å². The highest BCUT2D eigenvalue weighted by Crippen LogP contribution is 2.08. The zero-order chi connectivity index (χ0) is 17.5. The summed E-state index contributed by atoms with van der Waals surface area (Å²) in [5.41, 5.74) is 1.14. The van der Waals surface area contributed by atoms with Crippen LogP contribution in [0.1, 0.15) is 38.4 Å². The molecular formula is C16H24N2O5. The topological polar surface area (TPSA) is 97.8 Å². The molecule has 0 saturated heterocycles. The van der Waals surface area contributed by atoms with Crippen molar-refractivity contribution in [3.8, 4) is 0 Å². The highest BCUT2D eigenvalue weighted by Gasteiger charge is 2.21. The third-order valence-electron chi connectivity index (χ3n) is 2.70. The lowest BCUT2D eigenvalue weighted by Gasteiger charge is -2.23. The number of hydrogen-bond donors (Lipinski definition) is 2. The summed E-state index contributed by atoms with van der Waals surface area (Å²) in [5.74, 6) is -1.02. The normalized spacial score (nSPS) is 12.5. The van der Waals surface area contributed by atoms with Gasteiger partial charge in [0.25, 0.3) is 0 Å². The van der Waals surface area contributed by atoms with Crippen LogP contribution in [0.3, 0.4) is 0 Å². The van der Waals surface area contributed by atoms with Crippen LogP contribution in [0.2, 0.25) is 0 Å². The number of nitrogens with one attached hydrogen (secondary N) is 1. The standard InChI is InChI=1S/C16H24N2O5/c1-11-5-6-12(8-17-11)9-22-10-13(7-14(19)20)18-15(21)23-16(2,3)4/h5-6,8,13H,7,9-10H2,1-4H3,(H,18,21)(H,19,20)/t13-/m1/s1. The molecule has 1 aromatic rings. The highest BCUT2D eigenvalue weighted by atomic mass is 16.6. The fourth-order valence-corrected chi connectivity index (χ4v) is 1.74. The van der Waals surface area contributed by atoms with E-state index >= 15 is 0 Å². The number of pyridine rings is 1. The maximum absolute atomic E-state index is 11.7. The molecule has 0 aliphatic rings. The molecule has 0 saturated carbocycles. The lowest BCUT2D eigenvalue weighted by atomic mass is 10.2. The van der Waals surface area contributed by atoms with Gasteiger partial charge in [0.05, 0.1) is 25.7 Å². The van der Waals surface area contributed by atoms with E-state index in [2.05, 4.69) is 10.3 Å². The third-order valence-corrected chi connectivity index (χ3v) is 2.70. The van der Waals surface area contributed by atoms with Gasteiger partial charge >= 0.3 is 12.1 Å². The summed E-state index contributed by atoms with van der Waals surface area (Å²) < 4.78 is 10.6. The summed E-state index contributed by atoms with van der Waals surface area (Å²) >= 11 is 0. The second kappa shape index (κ2) is 8.47. The zero-order valence-electron chi connectivity index (χ0n) is 14.0. The monoisotopic (exact) mass is 324 g/mol. The van der Waals surface area contributed by atoms with E-state index in [1.807, 2.05) is 19.1 Å². The number of alkyl carbamates (subject to hydrolysis) is 1. The number of aliphatic carboxylic acids is 1. The molecule has 23 heavy (non-hydrogen) atoms. The van der Waals surface area contributed by atoms with Gasteiger partial charge in [-0.05, 0) is 39.3 Å². The lowest BCUT2D eigenvalue weighted by Crippen LogP contribution is -2.42. The molecule has 0 fully saturated rings. The Hall–Kier alpha value is -2.15. The number of ether oxygens (including phenoxy) is 2. The Bertz CT molecular complexity index is 522. The molecule has 7 nitrogen and oxygen atoms in total. The Kier molecular flexibility index (Phi) is 6.96. The van der Waals surface area contributed by atoms with Crippen LogP contribution in [-0.2, 0) is 20.9 Å². The van der Waals surface area contributed by atoms with Crippen molar-refractivity contribution in [2.75, 3.05) is 6.61 Å². The van der Waals surface area contributed by atoms with Gasteiger partial charge in [0.2, 0.25) is 0 Å². The minimum atomic E-state index is -1.02. The predicted molar refractivity (Wildman–Crippen MR) is 84.0 cm³/mol. The molecule has 1 amide bonds. The van der Waals surface area contributed by atoms with E-state index in [0.29, 0.717) is 6.61 Å². The first-order chi connectivity index (χ1) is 10.7. The van der Waals surface area contributed by atoms with Crippen molar-refractivity contribution in [1.29, 1.82) is 0 Å². The van der Waals surface area contributed by atoms with E-state index in [-0.39, 0.29) is 13.0 Å². The number of aromatic nitrogens is 1. The van der Waals surface area contributed by atoms with Gasteiger partial charge in [-0.25, -0.2) is 4.79 Å². The molecular weight excluding hydrogens is 300 g/mol. The van der Waals surface area contributed by atoms with E-state index in [1.165, 1.54) is 0 Å². The Morgan fingerprint density at radius 1 is 1.35 bits per heavy atom. The van der Waals surface area contributed by atoms with Gasteiger partial charge in [0.15, 0.2) is 0 Å². The number of hydrogen-bond acceptors (Lipinski definition) is 5. The van der Waals surface area contributed by atoms with E-state index in [1.54, 1.807) is 27.0 Å². The van der Waals surface area contributed by atoms with Crippen LogP contribution in [-0.4, -0.2) is 40.4 Å². The maximum atomic E-state index is 11.7. The van der Waals surface area contributed by atoms with Crippen molar-refractivity contribution >= 4 is 12.1 Å². The summed E-state index contributed by atoms with van der Waals surface area (Å²) in [6.45, 7) is 7.45. The lowest BCUT2D eigenvalue weighted by molar-refractivity contribution is -0.137. The summed E-state index contributed by atoms with van der Waals surface area (Å²) in [6, 6.07) is 3.09. The Balaban J connectivity index is 2.49. The van der Waals surface area contributed by atoms with Gasteiger partial charge in [-0.15, -0.1) is 0 Å². The number of carboxylic acid groups (broad SMARTS) is 1. The smallest absolute Gasteiger partial charge is 0.407 e. The van der Waals surface area contributed by atoms with Crippen LogP contribution >= 0.6 is 0 Å². The molecule has 1 atom stereocenters. The predicted octanol–water partition coefficient (Wildman–Crippen LogP) is 2.27. The van der Waals surface area contributed by atoms with Crippen LogP contribution in [0, 0.1) is 6.92 Å². The van der Waals surface area contributed by atoms with Crippen LogP contribution in [0.15, 0.2) is 18.3 Å². The average Bonchev–Trinajstić information content (AvgIpc) is 2.38. The number of carbonyl (C=O) groups excluding carboxylic acids is 1. The first-order valence-corrected chi connectivity index (χ1v) is 7.36. The SMILES string of the molecule is Cc1ccc(COC[C@@H](CC(=O)O)NC(=O)OC(C)(C)C)cn1. The second-order valence-corrected chi connectivity index (χ2v) is 6.26. The van der Waals surface area contributed by atoms with E-state index in [0.717, 1.165) is 11.3 Å². The molecule has 1 heterocycles. The van der Waals surface area contributed by atoms with Crippen molar-refractivity contribution in [1.82, 2.24) is 10.3 Å². The molecule has 1 aromatic heterocycles. The summed E-state index contributed by atoms with van der Waals surface area (Å²) in [7, 11) is 0. The fraction of sp³-hybridized carbons (Fsp3) is 0.562. The molecule has 0 aliphatic heterocycles. The number of nitrogens with zero attached hydrogens (tertiary/aromatic N) is 1. The molecule has 2 N–H and O–H groups in total. The second-order valence-electron chi connectivity index (χ2n) is 6.26. The van der Waals surface area contributed by atoms with Crippen LogP contribution in [0.5, 0.6) is 0 Å². The molecule has 0 bridgehead atoms. The summed E-state index contributed by atoms with van der Waals surface area (Å²) in [4.78, 5) is 26.8. The molecule has 0 spiro atoms. The number of amides is 1. The van der Waals surface area contributed by atoms with Gasteiger partial charge < -0.3 is 19.9 Å². The van der Waals surface area contributed by atoms with E-state index in [4.69, 9.17) is 14.6 Å². The maximum Gasteiger partial charge on any atom is 0.407 e. The van der Waals surface area contributed by atoms with Gasteiger partial charge in [-0.3, -0.25) is 9.78 Å². The number of aryl methyl sites for hydroxylation is 1. The summed E-state index contributed by atoms with van der Waals surface area (Å²) in [6.07, 6.45) is 0.790. The molecule has 0 unspecified atom stereocenters. The van der Waals surface area contributed by atoms with Crippen molar-refractivity contribution in [3.63, 3.8) is 0 Å². The quantitative estimate of drug-likeness (QED) is 0.798. The van der Waals surface area contributed by atoms with Crippen LogP contribution in [0.25, 0.3) is 0 Å². The van der Waals surface area contributed by atoms with Crippen LogP contribution < -0.4 is 5.32 Å². The Labute approximate surface area is 136 Å². The summed E-state index contributed by atoms with van der Waals surface area (Å²) in [5, 5.41) is 11.4. The molecule has 0 aliphatic carbocycles. The minimum Gasteiger partial charge on any atom is -0.481 e. The van der Waals surface area contributed by atoms with E-state index in [9.17, 15) is 9.59 Å². The molecule has 0 aromatic carbocycles. The van der Waals surface area contributed by atoms with Gasteiger partial charge in [0, 0.05) is 11.9 Å². The largest absolute Gasteiger partial charge is 0.481 e. The number of carboxylic acids is 1. The van der Waals surface area contributed by atoms with Gasteiger partial charge in [0.1, 0.15) is 5.60 Å². The van der Waals surface area contributed by atoms with Crippen molar-refractivity contribution in [2.24, 2.45) is 0 Å². The minimum absolute atomic E-state index is 0.0689.